The van der Waals surface area contributed by atoms with E-state index >= 15 is 0 Å². The number of carbonyl (C=O) groups excluding carboxylic acids is 2. The highest BCUT2D eigenvalue weighted by atomic mass is 16.5. The fourth-order valence-electron chi connectivity index (χ4n) is 1.03. The van der Waals surface area contributed by atoms with Crippen molar-refractivity contribution in [3.63, 3.8) is 0 Å². The summed E-state index contributed by atoms with van der Waals surface area (Å²) in [4.78, 5) is 21.7. The van der Waals surface area contributed by atoms with Crippen molar-refractivity contribution in [3.8, 4) is 0 Å². The van der Waals surface area contributed by atoms with Gasteiger partial charge < -0.3 is 15.2 Å². The van der Waals surface area contributed by atoms with Crippen LogP contribution in [0.25, 0.3) is 0 Å². The number of aliphatic hydroxyl groups is 1. The SMILES string of the molecule is CC(O)CCOC(=O)C(NC=O)C(C)C. The lowest BCUT2D eigenvalue weighted by Crippen LogP contribution is -2.41. The lowest BCUT2D eigenvalue weighted by molar-refractivity contribution is -0.148. The maximum atomic E-state index is 11.4. The molecule has 0 heterocycles. The van der Waals surface area contributed by atoms with Crippen LogP contribution < -0.4 is 5.32 Å². The molecule has 0 saturated carbocycles. The minimum absolute atomic E-state index is 0.0192. The van der Waals surface area contributed by atoms with Crippen LogP contribution in [0.5, 0.6) is 0 Å². The van der Waals surface area contributed by atoms with E-state index in [4.69, 9.17) is 9.84 Å². The molecule has 0 saturated heterocycles. The Morgan fingerprint density at radius 1 is 1.47 bits per heavy atom. The van der Waals surface area contributed by atoms with Crippen LogP contribution in [0, 0.1) is 5.92 Å². The number of hydrogen-bond donors (Lipinski definition) is 2. The molecule has 5 heteroatoms. The molecule has 0 rings (SSSR count). The van der Waals surface area contributed by atoms with Crippen LogP contribution in [-0.4, -0.2) is 36.2 Å². The maximum Gasteiger partial charge on any atom is 0.328 e. The summed E-state index contributed by atoms with van der Waals surface area (Å²) in [5, 5.41) is 11.4. The molecular formula is C10H19NO4. The van der Waals surface area contributed by atoms with Crippen LogP contribution in [0.2, 0.25) is 0 Å². The van der Waals surface area contributed by atoms with Gasteiger partial charge in [-0.3, -0.25) is 4.79 Å². The number of hydrogen-bond acceptors (Lipinski definition) is 4. The predicted octanol–water partition coefficient (Wildman–Crippen LogP) is 0.0711. The van der Waals surface area contributed by atoms with Gasteiger partial charge >= 0.3 is 5.97 Å². The number of rotatable bonds is 7. The first-order chi connectivity index (χ1) is 6.99. The molecule has 0 aliphatic heterocycles. The second-order valence-corrected chi connectivity index (χ2v) is 3.81. The average Bonchev–Trinajstić information content (AvgIpc) is 2.12. The lowest BCUT2D eigenvalue weighted by atomic mass is 10.1. The van der Waals surface area contributed by atoms with Crippen molar-refractivity contribution >= 4 is 12.4 Å². The Labute approximate surface area is 89.8 Å². The molecule has 88 valence electrons. The highest BCUT2D eigenvalue weighted by molar-refractivity contribution is 5.78. The van der Waals surface area contributed by atoms with Gasteiger partial charge in [0.25, 0.3) is 0 Å². The monoisotopic (exact) mass is 217 g/mol. The van der Waals surface area contributed by atoms with Crippen LogP contribution in [-0.2, 0) is 14.3 Å². The van der Waals surface area contributed by atoms with Crippen molar-refractivity contribution in [3.05, 3.63) is 0 Å². The highest BCUT2D eigenvalue weighted by Crippen LogP contribution is 2.03. The molecule has 15 heavy (non-hydrogen) atoms. The highest BCUT2D eigenvalue weighted by Gasteiger charge is 2.22. The van der Waals surface area contributed by atoms with Gasteiger partial charge in [0.1, 0.15) is 6.04 Å². The van der Waals surface area contributed by atoms with Gasteiger partial charge in [-0.1, -0.05) is 13.8 Å². The summed E-state index contributed by atoms with van der Waals surface area (Å²) in [7, 11) is 0. The fourth-order valence-corrected chi connectivity index (χ4v) is 1.03. The summed E-state index contributed by atoms with van der Waals surface area (Å²) < 4.78 is 4.91. The van der Waals surface area contributed by atoms with Crippen molar-refractivity contribution in [2.45, 2.75) is 39.3 Å². The quantitative estimate of drug-likeness (QED) is 0.467. The Kier molecular flexibility index (Phi) is 6.70. The first-order valence-corrected chi connectivity index (χ1v) is 5.03. The van der Waals surface area contributed by atoms with E-state index in [-0.39, 0.29) is 12.5 Å². The molecule has 5 nitrogen and oxygen atoms in total. The molecule has 0 fully saturated rings. The Morgan fingerprint density at radius 3 is 2.47 bits per heavy atom. The van der Waals surface area contributed by atoms with Gasteiger partial charge in [-0.15, -0.1) is 0 Å². The van der Waals surface area contributed by atoms with E-state index < -0.39 is 18.1 Å². The molecule has 0 aliphatic carbocycles. The van der Waals surface area contributed by atoms with Crippen molar-refractivity contribution in [2.75, 3.05) is 6.61 Å². The average molecular weight is 217 g/mol. The Morgan fingerprint density at radius 2 is 2.07 bits per heavy atom. The summed E-state index contributed by atoms with van der Waals surface area (Å²) in [5.41, 5.74) is 0. The molecule has 0 spiro atoms. The van der Waals surface area contributed by atoms with E-state index in [0.717, 1.165) is 0 Å². The molecule has 2 atom stereocenters. The number of esters is 1. The first-order valence-electron chi connectivity index (χ1n) is 5.03. The summed E-state index contributed by atoms with van der Waals surface area (Å²) >= 11 is 0. The molecule has 2 unspecified atom stereocenters. The Balaban J connectivity index is 3.97. The summed E-state index contributed by atoms with van der Waals surface area (Å²) in [6, 6.07) is -0.614. The van der Waals surface area contributed by atoms with Crippen LogP contribution in [0.4, 0.5) is 0 Å². The summed E-state index contributed by atoms with van der Waals surface area (Å²) in [5.74, 6) is -0.480. The summed E-state index contributed by atoms with van der Waals surface area (Å²) in [6.07, 6.45) is 0.396. The fraction of sp³-hybridized carbons (Fsp3) is 0.800. The second kappa shape index (κ2) is 7.23. The normalized spacial score (nSPS) is 14.5. The minimum Gasteiger partial charge on any atom is -0.464 e. The van der Waals surface area contributed by atoms with E-state index in [0.29, 0.717) is 12.8 Å². The molecular weight excluding hydrogens is 198 g/mol. The van der Waals surface area contributed by atoms with Crippen molar-refractivity contribution < 1.29 is 19.4 Å². The van der Waals surface area contributed by atoms with E-state index in [1.54, 1.807) is 6.92 Å². The van der Waals surface area contributed by atoms with E-state index in [1.807, 2.05) is 13.8 Å². The van der Waals surface area contributed by atoms with Crippen LogP contribution in [0.15, 0.2) is 0 Å². The molecule has 0 bridgehead atoms. The number of carbonyl (C=O) groups is 2. The standard InChI is InChI=1S/C10H19NO4/c1-7(2)9(11-6-12)10(14)15-5-4-8(3)13/h6-9,13H,4-5H2,1-3H3,(H,11,12). The second-order valence-electron chi connectivity index (χ2n) is 3.81. The van der Waals surface area contributed by atoms with Gasteiger partial charge in [0.05, 0.1) is 12.7 Å². The Bertz CT molecular complexity index is 204. The van der Waals surface area contributed by atoms with Crippen molar-refractivity contribution in [1.82, 2.24) is 5.32 Å². The van der Waals surface area contributed by atoms with Crippen LogP contribution in [0.1, 0.15) is 27.2 Å². The van der Waals surface area contributed by atoms with Crippen molar-refractivity contribution in [1.29, 1.82) is 0 Å². The topological polar surface area (TPSA) is 75.6 Å². The molecule has 0 aromatic rings. The van der Waals surface area contributed by atoms with Gasteiger partial charge in [-0.2, -0.15) is 0 Å². The van der Waals surface area contributed by atoms with Gasteiger partial charge in [-0.05, 0) is 12.8 Å². The molecule has 0 aliphatic rings. The molecule has 0 aromatic carbocycles. The van der Waals surface area contributed by atoms with Gasteiger partial charge in [-0.25, -0.2) is 4.79 Å². The number of amides is 1. The maximum absolute atomic E-state index is 11.4. The third-order valence-corrected chi connectivity index (χ3v) is 1.95. The number of aliphatic hydroxyl groups excluding tert-OH is 1. The molecule has 0 radical (unpaired) electrons. The molecule has 0 aromatic heterocycles. The van der Waals surface area contributed by atoms with Gasteiger partial charge in [0.15, 0.2) is 0 Å². The predicted molar refractivity (Wildman–Crippen MR) is 55.1 cm³/mol. The minimum atomic E-state index is -0.614. The van der Waals surface area contributed by atoms with Crippen LogP contribution >= 0.6 is 0 Å². The molecule has 1 amide bonds. The van der Waals surface area contributed by atoms with E-state index in [1.165, 1.54) is 0 Å². The van der Waals surface area contributed by atoms with E-state index in [9.17, 15) is 9.59 Å². The zero-order valence-electron chi connectivity index (χ0n) is 9.40. The largest absolute Gasteiger partial charge is 0.464 e. The zero-order chi connectivity index (χ0) is 11.8. The number of nitrogens with one attached hydrogen (secondary N) is 1. The van der Waals surface area contributed by atoms with Crippen molar-refractivity contribution in [2.24, 2.45) is 5.92 Å². The summed E-state index contributed by atoms with van der Waals surface area (Å²) in [6.45, 7) is 5.42. The molecule has 2 N–H and O–H groups in total. The number of ether oxygens (including phenoxy) is 1. The smallest absolute Gasteiger partial charge is 0.328 e. The van der Waals surface area contributed by atoms with Gasteiger partial charge in [0, 0.05) is 6.42 Å². The first kappa shape index (κ1) is 13.9. The Hall–Kier alpha value is -1.10. The van der Waals surface area contributed by atoms with E-state index in [2.05, 4.69) is 5.32 Å². The van der Waals surface area contributed by atoms with Crippen LogP contribution in [0.3, 0.4) is 0 Å². The third-order valence-electron chi connectivity index (χ3n) is 1.95. The lowest BCUT2D eigenvalue weighted by Gasteiger charge is -2.18. The van der Waals surface area contributed by atoms with Gasteiger partial charge in [0.2, 0.25) is 6.41 Å². The zero-order valence-corrected chi connectivity index (χ0v) is 9.40. The third kappa shape index (κ3) is 6.06.